The molecule has 3 rings (SSSR count). The number of benzene rings is 2. The lowest BCUT2D eigenvalue weighted by Crippen LogP contribution is -2.46. The second-order valence-electron chi connectivity index (χ2n) is 7.40. The molecule has 1 aliphatic heterocycles. The van der Waals surface area contributed by atoms with Crippen LogP contribution in [0.5, 0.6) is 0 Å². The first-order valence-electron chi connectivity index (χ1n) is 10.1. The Kier molecular flexibility index (Phi) is 6.87. The van der Waals surface area contributed by atoms with Crippen LogP contribution in [0.15, 0.2) is 59.5 Å². The Balaban J connectivity index is 1.79. The van der Waals surface area contributed by atoms with Crippen LogP contribution >= 0.6 is 0 Å². The standard InChI is InChI=1S/C22H25N3O5S/c1-2-6-20(26)24(14-13-16-9-11-18(12-10-16)31(23,29)30)19-15-21(27)25(22(19)28)17-7-4-3-5-8-17/h3-5,7-12,19H,2,6,13-15H2,1H3,(H2,23,29,30). The summed E-state index contributed by atoms with van der Waals surface area (Å²) < 4.78 is 22.8. The fourth-order valence-electron chi connectivity index (χ4n) is 3.61. The Labute approximate surface area is 181 Å². The van der Waals surface area contributed by atoms with Crippen LogP contribution in [0.2, 0.25) is 0 Å². The van der Waals surface area contributed by atoms with Gasteiger partial charge in [0.2, 0.25) is 21.8 Å². The highest BCUT2D eigenvalue weighted by atomic mass is 32.2. The summed E-state index contributed by atoms with van der Waals surface area (Å²) in [6, 6.07) is 13.9. The number of para-hydroxylation sites is 1. The van der Waals surface area contributed by atoms with Gasteiger partial charge in [0, 0.05) is 13.0 Å². The smallest absolute Gasteiger partial charge is 0.257 e. The van der Waals surface area contributed by atoms with E-state index in [9.17, 15) is 22.8 Å². The van der Waals surface area contributed by atoms with Gasteiger partial charge in [-0.3, -0.25) is 14.4 Å². The summed E-state index contributed by atoms with van der Waals surface area (Å²) in [4.78, 5) is 41.0. The zero-order valence-electron chi connectivity index (χ0n) is 17.2. The predicted octanol–water partition coefficient (Wildman–Crippen LogP) is 1.84. The number of anilines is 1. The third kappa shape index (κ3) is 5.18. The molecule has 0 aliphatic carbocycles. The molecule has 2 aromatic rings. The van der Waals surface area contributed by atoms with Gasteiger partial charge in [0.15, 0.2) is 0 Å². The average Bonchev–Trinajstić information content (AvgIpc) is 3.02. The van der Waals surface area contributed by atoms with Gasteiger partial charge in [0.05, 0.1) is 17.0 Å². The van der Waals surface area contributed by atoms with Crippen molar-refractivity contribution in [2.45, 2.75) is 43.5 Å². The molecular weight excluding hydrogens is 418 g/mol. The second-order valence-corrected chi connectivity index (χ2v) is 8.96. The van der Waals surface area contributed by atoms with E-state index in [4.69, 9.17) is 5.14 Å². The quantitative estimate of drug-likeness (QED) is 0.625. The number of carbonyl (C=O) groups is 3. The van der Waals surface area contributed by atoms with Crippen LogP contribution in [-0.2, 0) is 30.8 Å². The first-order valence-corrected chi connectivity index (χ1v) is 11.6. The van der Waals surface area contributed by atoms with Crippen LogP contribution in [0.3, 0.4) is 0 Å². The number of nitrogens with two attached hydrogens (primary N) is 1. The highest BCUT2D eigenvalue weighted by Crippen LogP contribution is 2.26. The van der Waals surface area contributed by atoms with Crippen molar-refractivity contribution < 1.29 is 22.8 Å². The molecule has 1 fully saturated rings. The SMILES string of the molecule is CCCC(=O)N(CCc1ccc(S(N)(=O)=O)cc1)C1CC(=O)N(c2ccccc2)C1=O. The van der Waals surface area contributed by atoms with Gasteiger partial charge in [-0.1, -0.05) is 37.3 Å². The first kappa shape index (κ1) is 22.6. The van der Waals surface area contributed by atoms with Crippen molar-refractivity contribution in [2.24, 2.45) is 5.14 Å². The van der Waals surface area contributed by atoms with Crippen LogP contribution in [-0.4, -0.2) is 43.6 Å². The third-order valence-corrected chi connectivity index (χ3v) is 6.12. The maximum Gasteiger partial charge on any atom is 0.257 e. The summed E-state index contributed by atoms with van der Waals surface area (Å²) in [6.07, 6.45) is 1.24. The molecule has 0 radical (unpaired) electrons. The molecule has 1 unspecified atom stereocenters. The largest absolute Gasteiger partial charge is 0.330 e. The lowest BCUT2D eigenvalue weighted by molar-refractivity contribution is -0.138. The molecule has 1 atom stereocenters. The van der Waals surface area contributed by atoms with E-state index in [0.717, 1.165) is 10.5 Å². The molecule has 2 N–H and O–H groups in total. The number of sulfonamides is 1. The molecule has 9 heteroatoms. The summed E-state index contributed by atoms with van der Waals surface area (Å²) in [5.74, 6) is -0.942. The molecule has 1 saturated heterocycles. The van der Waals surface area contributed by atoms with E-state index >= 15 is 0 Å². The number of carbonyl (C=O) groups excluding carboxylic acids is 3. The molecule has 1 heterocycles. The van der Waals surface area contributed by atoms with Crippen molar-refractivity contribution in [3.8, 4) is 0 Å². The van der Waals surface area contributed by atoms with Gasteiger partial charge >= 0.3 is 0 Å². The predicted molar refractivity (Wildman–Crippen MR) is 115 cm³/mol. The Hall–Kier alpha value is -3.04. The van der Waals surface area contributed by atoms with E-state index in [2.05, 4.69) is 0 Å². The molecule has 0 aromatic heterocycles. The van der Waals surface area contributed by atoms with Gasteiger partial charge in [-0.2, -0.15) is 0 Å². The maximum atomic E-state index is 13.1. The average molecular weight is 444 g/mol. The van der Waals surface area contributed by atoms with E-state index in [1.807, 2.05) is 6.92 Å². The number of nitrogens with zero attached hydrogens (tertiary/aromatic N) is 2. The van der Waals surface area contributed by atoms with Gasteiger partial charge in [-0.15, -0.1) is 0 Å². The molecule has 0 saturated carbocycles. The van der Waals surface area contributed by atoms with Crippen molar-refractivity contribution in [1.29, 1.82) is 0 Å². The second kappa shape index (κ2) is 9.40. The molecule has 164 valence electrons. The minimum Gasteiger partial charge on any atom is -0.330 e. The Morgan fingerprint density at radius 1 is 1.10 bits per heavy atom. The van der Waals surface area contributed by atoms with Crippen LogP contribution < -0.4 is 10.0 Å². The zero-order chi connectivity index (χ0) is 22.6. The van der Waals surface area contributed by atoms with Gasteiger partial charge in [-0.25, -0.2) is 18.5 Å². The van der Waals surface area contributed by atoms with E-state index in [0.29, 0.717) is 18.5 Å². The first-order chi connectivity index (χ1) is 14.7. The summed E-state index contributed by atoms with van der Waals surface area (Å²) in [5.41, 5.74) is 1.28. The van der Waals surface area contributed by atoms with Crippen molar-refractivity contribution in [3.05, 3.63) is 60.2 Å². The highest BCUT2D eigenvalue weighted by Gasteiger charge is 2.43. The summed E-state index contributed by atoms with van der Waals surface area (Å²) >= 11 is 0. The maximum absolute atomic E-state index is 13.1. The van der Waals surface area contributed by atoms with Gasteiger partial charge in [-0.05, 0) is 42.7 Å². The van der Waals surface area contributed by atoms with Crippen LogP contribution in [0.25, 0.3) is 0 Å². The number of imide groups is 1. The number of rotatable bonds is 8. The molecule has 3 amide bonds. The fraction of sp³-hybridized carbons (Fsp3) is 0.318. The lowest BCUT2D eigenvalue weighted by atomic mass is 10.1. The molecule has 1 aliphatic rings. The van der Waals surface area contributed by atoms with Crippen molar-refractivity contribution in [1.82, 2.24) is 4.90 Å². The fourth-order valence-corrected chi connectivity index (χ4v) is 4.13. The number of amides is 3. The summed E-state index contributed by atoms with van der Waals surface area (Å²) in [7, 11) is -3.78. The molecule has 2 aromatic carbocycles. The van der Waals surface area contributed by atoms with E-state index < -0.39 is 22.0 Å². The van der Waals surface area contributed by atoms with Crippen LogP contribution in [0, 0.1) is 0 Å². The molecule has 31 heavy (non-hydrogen) atoms. The van der Waals surface area contributed by atoms with Gasteiger partial charge < -0.3 is 4.90 Å². The van der Waals surface area contributed by atoms with E-state index in [-0.39, 0.29) is 36.1 Å². The number of hydrogen-bond acceptors (Lipinski definition) is 5. The topological polar surface area (TPSA) is 118 Å². The van der Waals surface area contributed by atoms with Crippen molar-refractivity contribution in [2.75, 3.05) is 11.4 Å². The number of hydrogen-bond donors (Lipinski definition) is 1. The number of primary sulfonamides is 1. The van der Waals surface area contributed by atoms with Crippen LogP contribution in [0.4, 0.5) is 5.69 Å². The van der Waals surface area contributed by atoms with E-state index in [1.165, 1.54) is 17.0 Å². The van der Waals surface area contributed by atoms with Gasteiger partial charge in [0.25, 0.3) is 5.91 Å². The Morgan fingerprint density at radius 3 is 2.32 bits per heavy atom. The minimum atomic E-state index is -3.78. The molecule has 0 bridgehead atoms. The zero-order valence-corrected chi connectivity index (χ0v) is 18.0. The van der Waals surface area contributed by atoms with Crippen molar-refractivity contribution >= 4 is 33.4 Å². The van der Waals surface area contributed by atoms with E-state index in [1.54, 1.807) is 42.5 Å². The van der Waals surface area contributed by atoms with Gasteiger partial charge in [0.1, 0.15) is 6.04 Å². The van der Waals surface area contributed by atoms with Crippen LogP contribution in [0.1, 0.15) is 31.7 Å². The highest BCUT2D eigenvalue weighted by molar-refractivity contribution is 7.89. The molecular formula is C22H25N3O5S. The lowest BCUT2D eigenvalue weighted by Gasteiger charge is -2.28. The summed E-state index contributed by atoms with van der Waals surface area (Å²) in [6.45, 7) is 2.11. The Morgan fingerprint density at radius 2 is 1.74 bits per heavy atom. The monoisotopic (exact) mass is 443 g/mol. The third-order valence-electron chi connectivity index (χ3n) is 5.19. The normalized spacial score (nSPS) is 16.6. The molecule has 8 nitrogen and oxygen atoms in total. The van der Waals surface area contributed by atoms with Crippen molar-refractivity contribution in [3.63, 3.8) is 0 Å². The minimum absolute atomic E-state index is 0.00485. The Bertz CT molecular complexity index is 1070. The summed E-state index contributed by atoms with van der Waals surface area (Å²) in [5, 5.41) is 5.12. The molecule has 0 spiro atoms.